The van der Waals surface area contributed by atoms with E-state index in [2.05, 4.69) is 6.07 Å². The molecule has 1 aliphatic rings. The van der Waals surface area contributed by atoms with Crippen molar-refractivity contribution in [3.05, 3.63) is 0 Å². The maximum Gasteiger partial charge on any atom is 0.158 e. The molecule has 4 nitrogen and oxygen atoms in total. The van der Waals surface area contributed by atoms with Gasteiger partial charge in [0.2, 0.25) is 0 Å². The lowest BCUT2D eigenvalue weighted by Crippen LogP contribution is -2.42. The van der Waals surface area contributed by atoms with Gasteiger partial charge in [0.1, 0.15) is 0 Å². The lowest BCUT2D eigenvalue weighted by Gasteiger charge is -2.35. The van der Waals surface area contributed by atoms with E-state index in [1.807, 2.05) is 6.92 Å². The van der Waals surface area contributed by atoms with Crippen LogP contribution < -0.4 is 0 Å². The number of aliphatic hydroxyl groups is 1. The average Bonchev–Trinajstić information content (AvgIpc) is 2.30. The van der Waals surface area contributed by atoms with Crippen LogP contribution in [-0.4, -0.2) is 36.6 Å². The number of aliphatic hydroxyl groups excluding tert-OH is 1. The maximum absolute atomic E-state index is 9.16. The third kappa shape index (κ3) is 3.45. The fraction of sp³-hybridized carbons (Fsp3) is 0.909. The number of rotatable bonds is 5. The molecule has 2 unspecified atom stereocenters. The monoisotopic (exact) mass is 213 g/mol. The van der Waals surface area contributed by atoms with Crippen LogP contribution in [0.15, 0.2) is 0 Å². The lowest BCUT2D eigenvalue weighted by molar-refractivity contribution is -0.111. The van der Waals surface area contributed by atoms with E-state index in [9.17, 15) is 0 Å². The van der Waals surface area contributed by atoms with Gasteiger partial charge in [0.25, 0.3) is 0 Å². The Morgan fingerprint density at radius 3 is 3.07 bits per heavy atom. The van der Waals surface area contributed by atoms with Gasteiger partial charge in [-0.15, -0.1) is 0 Å². The molecular weight excluding hydrogens is 194 g/mol. The van der Waals surface area contributed by atoms with Crippen molar-refractivity contribution in [3.63, 3.8) is 0 Å². The molecule has 0 aliphatic carbocycles. The van der Waals surface area contributed by atoms with Crippen molar-refractivity contribution in [3.8, 4) is 6.07 Å². The van der Waals surface area contributed by atoms with Crippen molar-refractivity contribution in [2.45, 2.75) is 44.3 Å². The molecule has 1 saturated heterocycles. The zero-order valence-electron chi connectivity index (χ0n) is 9.24. The third-order valence-corrected chi connectivity index (χ3v) is 2.76. The predicted molar refractivity (Wildman–Crippen MR) is 55.3 cm³/mol. The van der Waals surface area contributed by atoms with Gasteiger partial charge in [-0.05, 0) is 12.8 Å². The first-order valence-corrected chi connectivity index (χ1v) is 5.54. The van der Waals surface area contributed by atoms with Gasteiger partial charge in [-0.2, -0.15) is 5.26 Å². The molecule has 0 radical (unpaired) electrons. The Kier molecular flexibility index (Phi) is 5.03. The van der Waals surface area contributed by atoms with Crippen LogP contribution in [0, 0.1) is 11.3 Å². The number of ether oxygens (including phenoxy) is 2. The lowest BCUT2D eigenvalue weighted by atomic mass is 9.90. The Morgan fingerprint density at radius 1 is 1.67 bits per heavy atom. The third-order valence-electron chi connectivity index (χ3n) is 2.76. The molecular formula is C11H19NO3. The van der Waals surface area contributed by atoms with Gasteiger partial charge in [0.15, 0.2) is 5.60 Å². The highest BCUT2D eigenvalue weighted by atomic mass is 16.5. The number of hydrogen-bond donors (Lipinski definition) is 1. The topological polar surface area (TPSA) is 62.5 Å². The van der Waals surface area contributed by atoms with E-state index in [1.165, 1.54) is 0 Å². The summed E-state index contributed by atoms with van der Waals surface area (Å²) in [5.74, 6) is 0. The zero-order chi connectivity index (χ0) is 11.1. The van der Waals surface area contributed by atoms with Crippen molar-refractivity contribution in [2.24, 2.45) is 0 Å². The Balaban J connectivity index is 2.48. The maximum atomic E-state index is 9.16. The van der Waals surface area contributed by atoms with E-state index in [0.29, 0.717) is 32.5 Å². The summed E-state index contributed by atoms with van der Waals surface area (Å²) in [6, 6.07) is 2.26. The van der Waals surface area contributed by atoms with Gasteiger partial charge >= 0.3 is 0 Å². The summed E-state index contributed by atoms with van der Waals surface area (Å²) in [4.78, 5) is 0. The van der Waals surface area contributed by atoms with Gasteiger partial charge in [-0.1, -0.05) is 6.92 Å². The van der Waals surface area contributed by atoms with Crippen LogP contribution in [0.25, 0.3) is 0 Å². The number of hydrogen-bond acceptors (Lipinski definition) is 4. The molecule has 1 N–H and O–H groups in total. The van der Waals surface area contributed by atoms with Gasteiger partial charge in [0.05, 0.1) is 25.4 Å². The quantitative estimate of drug-likeness (QED) is 0.698. The van der Waals surface area contributed by atoms with E-state index in [-0.39, 0.29) is 12.7 Å². The molecule has 1 fully saturated rings. The van der Waals surface area contributed by atoms with Gasteiger partial charge < -0.3 is 14.6 Å². The van der Waals surface area contributed by atoms with Crippen molar-refractivity contribution < 1.29 is 14.6 Å². The normalized spacial score (nSPS) is 31.1. The van der Waals surface area contributed by atoms with Gasteiger partial charge in [0, 0.05) is 19.4 Å². The molecule has 0 aromatic carbocycles. The second-order valence-electron chi connectivity index (χ2n) is 3.89. The van der Waals surface area contributed by atoms with Crippen LogP contribution in [0.5, 0.6) is 0 Å². The molecule has 15 heavy (non-hydrogen) atoms. The molecule has 0 amide bonds. The summed E-state index contributed by atoms with van der Waals surface area (Å²) >= 11 is 0. The molecule has 1 rings (SSSR count). The minimum absolute atomic E-state index is 0.106. The molecule has 0 bridgehead atoms. The van der Waals surface area contributed by atoms with E-state index in [1.54, 1.807) is 0 Å². The Morgan fingerprint density at radius 2 is 2.47 bits per heavy atom. The SMILES string of the molecule is CCC1CC(C#N)(OCCCO)CCO1. The summed E-state index contributed by atoms with van der Waals surface area (Å²) in [6.45, 7) is 3.19. The fourth-order valence-electron chi connectivity index (χ4n) is 1.78. The first-order valence-electron chi connectivity index (χ1n) is 5.54. The second-order valence-corrected chi connectivity index (χ2v) is 3.89. The largest absolute Gasteiger partial charge is 0.396 e. The molecule has 0 spiro atoms. The minimum Gasteiger partial charge on any atom is -0.396 e. The summed E-state index contributed by atoms with van der Waals surface area (Å²) in [7, 11) is 0. The molecule has 0 saturated carbocycles. The van der Waals surface area contributed by atoms with Crippen LogP contribution in [0.2, 0.25) is 0 Å². The fourth-order valence-corrected chi connectivity index (χ4v) is 1.78. The molecule has 0 aromatic heterocycles. The van der Waals surface area contributed by atoms with Crippen LogP contribution in [0.4, 0.5) is 0 Å². The Bertz CT molecular complexity index is 226. The molecule has 1 aliphatic heterocycles. The van der Waals surface area contributed by atoms with E-state index < -0.39 is 5.60 Å². The summed E-state index contributed by atoms with van der Waals surface area (Å²) in [6.07, 6.45) is 2.90. The highest BCUT2D eigenvalue weighted by Crippen LogP contribution is 2.29. The Labute approximate surface area is 90.8 Å². The summed E-state index contributed by atoms with van der Waals surface area (Å²) < 4.78 is 11.1. The number of nitrogens with zero attached hydrogens (tertiary/aromatic N) is 1. The smallest absolute Gasteiger partial charge is 0.158 e. The molecule has 4 heteroatoms. The van der Waals surface area contributed by atoms with Crippen molar-refractivity contribution in [1.29, 1.82) is 5.26 Å². The first-order chi connectivity index (χ1) is 7.26. The summed E-state index contributed by atoms with van der Waals surface area (Å²) in [5, 5.41) is 17.8. The first kappa shape index (κ1) is 12.4. The highest BCUT2D eigenvalue weighted by molar-refractivity contribution is 5.04. The van der Waals surface area contributed by atoms with Crippen molar-refractivity contribution in [2.75, 3.05) is 19.8 Å². The zero-order valence-corrected chi connectivity index (χ0v) is 9.24. The highest BCUT2D eigenvalue weighted by Gasteiger charge is 2.37. The average molecular weight is 213 g/mol. The van der Waals surface area contributed by atoms with Crippen molar-refractivity contribution >= 4 is 0 Å². The van der Waals surface area contributed by atoms with Crippen LogP contribution >= 0.6 is 0 Å². The van der Waals surface area contributed by atoms with Crippen LogP contribution in [0.1, 0.15) is 32.6 Å². The molecule has 86 valence electrons. The Hall–Kier alpha value is -0.630. The number of nitriles is 1. The van der Waals surface area contributed by atoms with E-state index in [0.717, 1.165) is 6.42 Å². The standard InChI is InChI=1S/C11H19NO3/c1-2-10-8-11(9-12,4-7-14-10)15-6-3-5-13/h10,13H,2-8H2,1H3. The van der Waals surface area contributed by atoms with Gasteiger partial charge in [-0.3, -0.25) is 0 Å². The van der Waals surface area contributed by atoms with E-state index in [4.69, 9.17) is 19.8 Å². The van der Waals surface area contributed by atoms with Crippen LogP contribution in [-0.2, 0) is 9.47 Å². The second kappa shape index (κ2) is 6.06. The minimum atomic E-state index is -0.686. The van der Waals surface area contributed by atoms with Gasteiger partial charge in [-0.25, -0.2) is 0 Å². The molecule has 2 atom stereocenters. The predicted octanol–water partition coefficient (Wildman–Crippen LogP) is 1.24. The molecule has 0 aromatic rings. The molecule has 1 heterocycles. The van der Waals surface area contributed by atoms with Crippen LogP contribution in [0.3, 0.4) is 0 Å². The van der Waals surface area contributed by atoms with E-state index >= 15 is 0 Å². The van der Waals surface area contributed by atoms with Crippen molar-refractivity contribution in [1.82, 2.24) is 0 Å². The summed E-state index contributed by atoms with van der Waals surface area (Å²) in [5.41, 5.74) is -0.686.